The molecule has 1 saturated heterocycles. The highest BCUT2D eigenvalue weighted by atomic mass is 79.9. The number of nitrogens with two attached hydrogens (primary N) is 1. The van der Waals surface area contributed by atoms with E-state index in [2.05, 4.69) is 28.9 Å². The fourth-order valence-electron chi connectivity index (χ4n) is 3.22. The lowest BCUT2D eigenvalue weighted by atomic mass is 9.80. The van der Waals surface area contributed by atoms with Gasteiger partial charge < -0.3 is 15.2 Å². The van der Waals surface area contributed by atoms with Crippen LogP contribution in [0.15, 0.2) is 22.7 Å². The average molecular weight is 326 g/mol. The molecule has 2 aliphatic rings. The summed E-state index contributed by atoms with van der Waals surface area (Å²) in [7, 11) is 0. The molecule has 0 bridgehead atoms. The summed E-state index contributed by atoms with van der Waals surface area (Å²) >= 11 is 3.50. The Balaban J connectivity index is 1.90. The van der Waals surface area contributed by atoms with E-state index >= 15 is 0 Å². The molecule has 104 valence electrons. The van der Waals surface area contributed by atoms with Gasteiger partial charge in [0.2, 0.25) is 0 Å². The molecule has 0 radical (unpaired) electrons. The van der Waals surface area contributed by atoms with Gasteiger partial charge in [-0.1, -0.05) is 28.9 Å². The fourth-order valence-corrected chi connectivity index (χ4v) is 3.56. The van der Waals surface area contributed by atoms with Gasteiger partial charge in [-0.3, -0.25) is 0 Å². The summed E-state index contributed by atoms with van der Waals surface area (Å²) in [5.74, 6) is 0.935. The van der Waals surface area contributed by atoms with Crippen LogP contribution >= 0.6 is 15.9 Å². The van der Waals surface area contributed by atoms with Gasteiger partial charge in [0.05, 0.1) is 12.7 Å². The second-order valence-electron chi connectivity index (χ2n) is 5.63. The molecule has 2 heterocycles. The second kappa shape index (κ2) is 5.08. The Morgan fingerprint density at radius 1 is 1.42 bits per heavy atom. The molecular weight excluding hydrogens is 306 g/mol. The fraction of sp³-hybridized carbons (Fsp3) is 0.600. The number of benzene rings is 1. The number of hydrogen-bond acceptors (Lipinski definition) is 3. The third kappa shape index (κ3) is 2.54. The van der Waals surface area contributed by atoms with Gasteiger partial charge in [0.1, 0.15) is 11.4 Å². The molecule has 0 aromatic heterocycles. The molecule has 0 saturated carbocycles. The van der Waals surface area contributed by atoms with Crippen molar-refractivity contribution in [2.24, 2.45) is 5.73 Å². The molecule has 2 N–H and O–H groups in total. The summed E-state index contributed by atoms with van der Waals surface area (Å²) in [6.07, 6.45) is 4.11. The van der Waals surface area contributed by atoms with Gasteiger partial charge in [-0.15, -0.1) is 0 Å². The summed E-state index contributed by atoms with van der Waals surface area (Å²) in [5.41, 5.74) is 7.34. The van der Waals surface area contributed by atoms with E-state index in [4.69, 9.17) is 15.2 Å². The van der Waals surface area contributed by atoms with Crippen LogP contribution in [0.5, 0.6) is 5.75 Å². The Labute approximate surface area is 122 Å². The van der Waals surface area contributed by atoms with E-state index in [1.807, 2.05) is 12.1 Å². The highest BCUT2D eigenvalue weighted by Crippen LogP contribution is 2.45. The quantitative estimate of drug-likeness (QED) is 0.858. The molecule has 0 aliphatic carbocycles. The van der Waals surface area contributed by atoms with Gasteiger partial charge in [-0.25, -0.2) is 0 Å². The van der Waals surface area contributed by atoms with E-state index in [0.717, 1.165) is 48.1 Å². The van der Waals surface area contributed by atoms with Crippen molar-refractivity contribution in [2.45, 2.75) is 50.4 Å². The van der Waals surface area contributed by atoms with Crippen LogP contribution in [0.25, 0.3) is 0 Å². The molecule has 3 atom stereocenters. The normalized spacial score (nSPS) is 33.8. The smallest absolute Gasteiger partial charge is 0.126 e. The highest BCUT2D eigenvalue weighted by Gasteiger charge is 2.43. The summed E-state index contributed by atoms with van der Waals surface area (Å²) < 4.78 is 13.2. The highest BCUT2D eigenvalue weighted by molar-refractivity contribution is 9.10. The standard InChI is InChI=1S/C15H20BrNO2/c1-2-11-8-15(5-6-18-11)9-13(17)12-4-3-10(16)7-14(12)19-15/h3-4,7,11,13H,2,5-6,8-9,17H2,1H3/t11?,13-,15?/m0/s1. The molecule has 0 amide bonds. The van der Waals surface area contributed by atoms with Crippen molar-refractivity contribution in [1.82, 2.24) is 0 Å². The van der Waals surface area contributed by atoms with Gasteiger partial charge in [-0.2, -0.15) is 0 Å². The molecule has 1 spiro atoms. The van der Waals surface area contributed by atoms with Crippen molar-refractivity contribution in [3.8, 4) is 5.75 Å². The van der Waals surface area contributed by atoms with Gasteiger partial charge in [0.25, 0.3) is 0 Å². The Morgan fingerprint density at radius 2 is 2.26 bits per heavy atom. The van der Waals surface area contributed by atoms with Gasteiger partial charge in [0, 0.05) is 35.3 Å². The molecule has 3 rings (SSSR count). The third-order valence-corrected chi connectivity index (χ3v) is 4.75. The average Bonchev–Trinajstić information content (AvgIpc) is 2.38. The Morgan fingerprint density at radius 3 is 3.05 bits per heavy atom. The maximum atomic E-state index is 6.35. The first kappa shape index (κ1) is 13.4. The summed E-state index contributed by atoms with van der Waals surface area (Å²) in [4.78, 5) is 0. The largest absolute Gasteiger partial charge is 0.487 e. The Hall–Kier alpha value is -0.580. The van der Waals surface area contributed by atoms with E-state index in [1.54, 1.807) is 0 Å². The van der Waals surface area contributed by atoms with Crippen LogP contribution in [-0.4, -0.2) is 18.3 Å². The lowest BCUT2D eigenvalue weighted by molar-refractivity contribution is -0.102. The van der Waals surface area contributed by atoms with Crippen molar-refractivity contribution < 1.29 is 9.47 Å². The predicted octanol–water partition coefficient (Wildman–Crippen LogP) is 3.56. The first-order chi connectivity index (χ1) is 9.12. The third-order valence-electron chi connectivity index (χ3n) is 4.26. The van der Waals surface area contributed by atoms with Crippen molar-refractivity contribution in [2.75, 3.05) is 6.61 Å². The molecule has 1 aromatic carbocycles. The zero-order valence-corrected chi connectivity index (χ0v) is 12.8. The number of fused-ring (bicyclic) bond motifs is 1. The van der Waals surface area contributed by atoms with Crippen molar-refractivity contribution in [3.05, 3.63) is 28.2 Å². The van der Waals surface area contributed by atoms with Gasteiger partial charge in [-0.05, 0) is 18.6 Å². The van der Waals surface area contributed by atoms with Gasteiger partial charge >= 0.3 is 0 Å². The van der Waals surface area contributed by atoms with Crippen molar-refractivity contribution in [1.29, 1.82) is 0 Å². The summed E-state index contributed by atoms with van der Waals surface area (Å²) in [5, 5.41) is 0. The van der Waals surface area contributed by atoms with Crippen LogP contribution in [-0.2, 0) is 4.74 Å². The van der Waals surface area contributed by atoms with E-state index in [1.165, 1.54) is 0 Å². The first-order valence-electron chi connectivity index (χ1n) is 6.97. The maximum Gasteiger partial charge on any atom is 0.126 e. The SMILES string of the molecule is CCC1CC2(CCO1)C[C@H](N)c1ccc(Br)cc1O2. The summed E-state index contributed by atoms with van der Waals surface area (Å²) in [6.45, 7) is 2.94. The molecule has 2 unspecified atom stereocenters. The van der Waals surface area contributed by atoms with Crippen molar-refractivity contribution >= 4 is 15.9 Å². The number of halogens is 1. The van der Waals surface area contributed by atoms with E-state index in [0.29, 0.717) is 6.10 Å². The minimum absolute atomic E-state index is 0.0625. The van der Waals surface area contributed by atoms with Crippen LogP contribution in [0, 0.1) is 0 Å². The molecule has 3 nitrogen and oxygen atoms in total. The number of rotatable bonds is 1. The van der Waals surface area contributed by atoms with Crippen LogP contribution in [0.2, 0.25) is 0 Å². The molecule has 19 heavy (non-hydrogen) atoms. The van der Waals surface area contributed by atoms with Gasteiger partial charge in [0.15, 0.2) is 0 Å². The maximum absolute atomic E-state index is 6.35. The lowest BCUT2D eigenvalue weighted by Gasteiger charge is -2.45. The van der Waals surface area contributed by atoms with Crippen molar-refractivity contribution in [3.63, 3.8) is 0 Å². The zero-order chi connectivity index (χ0) is 13.5. The minimum atomic E-state index is -0.133. The topological polar surface area (TPSA) is 44.5 Å². The van der Waals surface area contributed by atoms with E-state index in [-0.39, 0.29) is 11.6 Å². The van der Waals surface area contributed by atoms with E-state index in [9.17, 15) is 0 Å². The lowest BCUT2D eigenvalue weighted by Crippen LogP contribution is -2.49. The minimum Gasteiger partial charge on any atom is -0.487 e. The van der Waals surface area contributed by atoms with Crippen LogP contribution in [0.1, 0.15) is 44.2 Å². The monoisotopic (exact) mass is 325 g/mol. The van der Waals surface area contributed by atoms with Crippen LogP contribution in [0.3, 0.4) is 0 Å². The Kier molecular flexibility index (Phi) is 3.58. The molecule has 1 aromatic rings. The predicted molar refractivity (Wildman–Crippen MR) is 78.3 cm³/mol. The van der Waals surface area contributed by atoms with Crippen LogP contribution in [0.4, 0.5) is 0 Å². The zero-order valence-electron chi connectivity index (χ0n) is 11.2. The number of ether oxygens (including phenoxy) is 2. The molecule has 2 aliphatic heterocycles. The van der Waals surface area contributed by atoms with Crippen LogP contribution < -0.4 is 10.5 Å². The number of hydrogen-bond donors (Lipinski definition) is 1. The molecule has 1 fully saturated rings. The summed E-state index contributed by atoms with van der Waals surface area (Å²) in [6, 6.07) is 6.19. The van der Waals surface area contributed by atoms with E-state index < -0.39 is 0 Å². The molecule has 4 heteroatoms. The second-order valence-corrected chi connectivity index (χ2v) is 6.55. The Bertz CT molecular complexity index is 479. The molecular formula is C15H20BrNO2. The first-order valence-corrected chi connectivity index (χ1v) is 7.77.